The topological polar surface area (TPSA) is 183 Å². The summed E-state index contributed by atoms with van der Waals surface area (Å²) in [5.74, 6) is -2.69. The molecule has 2 aromatic carbocycles. The van der Waals surface area contributed by atoms with Crippen LogP contribution in [0.1, 0.15) is 48.8 Å². The Kier molecular flexibility index (Phi) is 7.67. The number of rotatable bonds is 7. The second-order valence-electron chi connectivity index (χ2n) is 10.6. The minimum atomic E-state index is -4.16. The van der Waals surface area contributed by atoms with Crippen LogP contribution in [0.2, 0.25) is 0 Å². The van der Waals surface area contributed by atoms with Crippen LogP contribution in [-0.4, -0.2) is 84.2 Å². The zero-order valence-electron chi connectivity index (χ0n) is 23.6. The van der Waals surface area contributed by atoms with Gasteiger partial charge in [0.1, 0.15) is 0 Å². The first-order valence-electron chi connectivity index (χ1n) is 13.3. The molecule has 2 aliphatic rings. The molecule has 3 aromatic rings. The van der Waals surface area contributed by atoms with E-state index in [-0.39, 0.29) is 27.5 Å². The molecule has 14 heteroatoms. The number of aromatic nitrogens is 1. The summed E-state index contributed by atoms with van der Waals surface area (Å²) < 4.78 is 26.7. The number of hydrogen-bond acceptors (Lipinski definition) is 8. The van der Waals surface area contributed by atoms with Gasteiger partial charge in [-0.2, -0.15) is 0 Å². The van der Waals surface area contributed by atoms with Crippen molar-refractivity contribution in [1.29, 1.82) is 0 Å². The number of H-pyrrole nitrogens is 1. The van der Waals surface area contributed by atoms with Gasteiger partial charge in [0.05, 0.1) is 32.3 Å². The lowest BCUT2D eigenvalue weighted by Crippen LogP contribution is -2.47. The zero-order valence-corrected chi connectivity index (χ0v) is 24.4. The van der Waals surface area contributed by atoms with E-state index in [4.69, 9.17) is 5.11 Å². The number of anilines is 1. The maximum atomic E-state index is 13.4. The molecule has 0 radical (unpaired) electrons. The summed E-state index contributed by atoms with van der Waals surface area (Å²) >= 11 is 0. The SMILES string of the molecule is Cc1[nH]c(C=C2C(=O)Nc3ccc(S(=O)(=O)Cc4ccc(C(=O)O)cc4[N+](=O)[O-])cc32)c(C)c1C(=O)N1CCN(C)CC1. The number of aromatic carboxylic acids is 1. The van der Waals surface area contributed by atoms with E-state index in [9.17, 15) is 32.9 Å². The Morgan fingerprint density at radius 3 is 2.44 bits per heavy atom. The van der Waals surface area contributed by atoms with Crippen molar-refractivity contribution in [3.63, 3.8) is 0 Å². The van der Waals surface area contributed by atoms with E-state index in [0.717, 1.165) is 31.3 Å². The maximum absolute atomic E-state index is 13.4. The van der Waals surface area contributed by atoms with Gasteiger partial charge in [-0.05, 0) is 56.8 Å². The van der Waals surface area contributed by atoms with Gasteiger partial charge in [-0.15, -0.1) is 0 Å². The number of nitrogens with one attached hydrogen (secondary N) is 2. The molecule has 0 aliphatic carbocycles. The first-order chi connectivity index (χ1) is 20.3. The molecule has 3 heterocycles. The molecule has 224 valence electrons. The number of benzene rings is 2. The van der Waals surface area contributed by atoms with Gasteiger partial charge in [0.15, 0.2) is 9.84 Å². The zero-order chi connectivity index (χ0) is 31.2. The molecule has 2 amide bonds. The van der Waals surface area contributed by atoms with Crippen LogP contribution in [0.4, 0.5) is 11.4 Å². The predicted molar refractivity (Wildman–Crippen MR) is 158 cm³/mol. The van der Waals surface area contributed by atoms with Crippen molar-refractivity contribution in [2.24, 2.45) is 0 Å². The number of nitro groups is 1. The molecule has 0 spiro atoms. The van der Waals surface area contributed by atoms with Crippen LogP contribution in [0, 0.1) is 24.0 Å². The average molecular weight is 608 g/mol. The van der Waals surface area contributed by atoms with Gasteiger partial charge < -0.3 is 25.2 Å². The molecule has 0 unspecified atom stereocenters. The smallest absolute Gasteiger partial charge is 0.335 e. The minimum Gasteiger partial charge on any atom is -0.478 e. The summed E-state index contributed by atoms with van der Waals surface area (Å²) in [5, 5.41) is 23.4. The third kappa shape index (κ3) is 5.66. The van der Waals surface area contributed by atoms with Crippen LogP contribution in [-0.2, 0) is 20.4 Å². The number of aromatic amines is 1. The van der Waals surface area contributed by atoms with Crippen molar-refractivity contribution in [3.8, 4) is 0 Å². The number of fused-ring (bicyclic) bond motifs is 1. The van der Waals surface area contributed by atoms with Gasteiger partial charge in [0.2, 0.25) is 0 Å². The molecule has 13 nitrogen and oxygen atoms in total. The summed E-state index contributed by atoms with van der Waals surface area (Å²) in [4.78, 5) is 55.2. The van der Waals surface area contributed by atoms with E-state index >= 15 is 0 Å². The molecule has 0 bridgehead atoms. The number of carbonyl (C=O) groups excluding carboxylic acids is 2. The van der Waals surface area contributed by atoms with Crippen molar-refractivity contribution >= 4 is 50.6 Å². The number of carboxylic acid groups (broad SMARTS) is 1. The highest BCUT2D eigenvalue weighted by atomic mass is 32.2. The molecule has 1 aromatic heterocycles. The fraction of sp³-hybridized carbons (Fsp3) is 0.276. The number of piperazine rings is 1. The van der Waals surface area contributed by atoms with Crippen LogP contribution in [0.25, 0.3) is 11.6 Å². The number of nitro benzene ring substituents is 1. The first kappa shape index (κ1) is 29.7. The Labute approximate surface area is 246 Å². The number of aryl methyl sites for hydroxylation is 1. The summed E-state index contributed by atoms with van der Waals surface area (Å²) in [5.41, 5.74) is 2.14. The van der Waals surface area contributed by atoms with Gasteiger partial charge >= 0.3 is 5.97 Å². The van der Waals surface area contributed by atoms with Crippen molar-refractivity contribution in [1.82, 2.24) is 14.8 Å². The standard InChI is InChI=1S/C29H29N5O8S/c1-16-24(30-17(2)26(16)28(36)33-10-8-32(3)9-11-33)14-22-21-13-20(6-7-23(21)31-27(22)35)43(41,42)15-19-5-4-18(29(37)38)12-25(19)34(39)40/h4-7,12-14,30H,8-11,15H2,1-3H3,(H,31,35)(H,37,38). The molecule has 2 aliphatic heterocycles. The fourth-order valence-electron chi connectivity index (χ4n) is 5.33. The Morgan fingerprint density at radius 2 is 1.79 bits per heavy atom. The van der Waals surface area contributed by atoms with Crippen molar-refractivity contribution < 1.29 is 32.8 Å². The molecule has 3 N–H and O–H groups in total. The van der Waals surface area contributed by atoms with Crippen LogP contribution >= 0.6 is 0 Å². The highest BCUT2D eigenvalue weighted by Crippen LogP contribution is 2.37. The summed E-state index contributed by atoms with van der Waals surface area (Å²) in [7, 11) is -2.15. The predicted octanol–water partition coefficient (Wildman–Crippen LogP) is 3.09. The molecule has 0 saturated carbocycles. The molecule has 1 saturated heterocycles. The lowest BCUT2D eigenvalue weighted by atomic mass is 10.0. The number of nitrogens with zero attached hydrogens (tertiary/aromatic N) is 3. The van der Waals surface area contributed by atoms with Crippen LogP contribution in [0.3, 0.4) is 0 Å². The van der Waals surface area contributed by atoms with Gasteiger partial charge in [-0.1, -0.05) is 6.07 Å². The van der Waals surface area contributed by atoms with Crippen LogP contribution < -0.4 is 5.32 Å². The fourth-order valence-corrected chi connectivity index (χ4v) is 6.73. The number of carbonyl (C=O) groups is 3. The average Bonchev–Trinajstić information content (AvgIpc) is 3.41. The number of amides is 2. The summed E-state index contributed by atoms with van der Waals surface area (Å²) in [6.45, 7) is 6.33. The first-order valence-corrected chi connectivity index (χ1v) is 15.0. The normalized spacial score (nSPS) is 16.3. The monoisotopic (exact) mass is 607 g/mol. The summed E-state index contributed by atoms with van der Waals surface area (Å²) in [6.07, 6.45) is 1.58. The number of sulfone groups is 1. The molecule has 1 fully saturated rings. The molecule has 0 atom stereocenters. The lowest BCUT2D eigenvalue weighted by Gasteiger charge is -2.32. The Bertz CT molecular complexity index is 1830. The van der Waals surface area contributed by atoms with Gasteiger partial charge in [-0.3, -0.25) is 19.7 Å². The molecule has 5 rings (SSSR count). The van der Waals surface area contributed by atoms with E-state index < -0.39 is 38.1 Å². The minimum absolute atomic E-state index is 0.0980. The molecular weight excluding hydrogens is 578 g/mol. The Morgan fingerprint density at radius 1 is 1.09 bits per heavy atom. The second kappa shape index (κ2) is 11.1. The van der Waals surface area contributed by atoms with Gasteiger partial charge in [-0.25, -0.2) is 13.2 Å². The third-order valence-electron chi connectivity index (χ3n) is 7.78. The highest BCUT2D eigenvalue weighted by Gasteiger charge is 2.30. The van der Waals surface area contributed by atoms with E-state index in [2.05, 4.69) is 15.2 Å². The second-order valence-corrected chi connectivity index (χ2v) is 12.6. The van der Waals surface area contributed by atoms with Crippen molar-refractivity contribution in [3.05, 3.63) is 85.7 Å². The maximum Gasteiger partial charge on any atom is 0.335 e. The van der Waals surface area contributed by atoms with Crippen molar-refractivity contribution in [2.75, 3.05) is 38.5 Å². The molecule has 43 heavy (non-hydrogen) atoms. The van der Waals surface area contributed by atoms with Crippen LogP contribution in [0.15, 0.2) is 41.3 Å². The Balaban J connectivity index is 1.48. The van der Waals surface area contributed by atoms with E-state index in [1.807, 2.05) is 7.05 Å². The third-order valence-corrected chi connectivity index (χ3v) is 9.44. The highest BCUT2D eigenvalue weighted by molar-refractivity contribution is 7.90. The van der Waals surface area contributed by atoms with E-state index in [1.54, 1.807) is 24.8 Å². The van der Waals surface area contributed by atoms with Crippen LogP contribution in [0.5, 0.6) is 0 Å². The van der Waals surface area contributed by atoms with Gasteiger partial charge in [0, 0.05) is 60.4 Å². The van der Waals surface area contributed by atoms with E-state index in [0.29, 0.717) is 46.9 Å². The Hall–Kier alpha value is -4.82. The van der Waals surface area contributed by atoms with Gasteiger partial charge in [0.25, 0.3) is 17.5 Å². The number of likely N-dealkylation sites (N-methyl/N-ethyl adjacent to an activating group) is 1. The number of hydrogen-bond donors (Lipinski definition) is 3. The molecular formula is C29H29N5O8S. The number of carboxylic acids is 1. The van der Waals surface area contributed by atoms with Crippen molar-refractivity contribution in [2.45, 2.75) is 24.5 Å². The largest absolute Gasteiger partial charge is 0.478 e. The quantitative estimate of drug-likeness (QED) is 0.206. The lowest BCUT2D eigenvalue weighted by molar-refractivity contribution is -0.385. The van der Waals surface area contributed by atoms with E-state index in [1.165, 1.54) is 18.2 Å². The summed E-state index contributed by atoms with van der Waals surface area (Å²) in [6, 6.07) is 7.11.